The minimum Gasteiger partial charge on any atom is -0.504 e. The van der Waals surface area contributed by atoms with Gasteiger partial charge in [-0.1, -0.05) is 0 Å². The van der Waals surface area contributed by atoms with Gasteiger partial charge in [0.1, 0.15) is 6.10 Å². The molecule has 82 valence electrons. The highest BCUT2D eigenvalue weighted by molar-refractivity contribution is 5.99. The van der Waals surface area contributed by atoms with Gasteiger partial charge < -0.3 is 20.1 Å². The van der Waals surface area contributed by atoms with Crippen LogP contribution in [-0.2, 0) is 0 Å². The average Bonchev–Trinajstić information content (AvgIpc) is 2.27. The number of carbonyl (C=O) groups is 1. The Balaban J connectivity index is 3.01. The van der Waals surface area contributed by atoms with Gasteiger partial charge in [-0.3, -0.25) is 4.79 Å². The molecule has 3 N–H and O–H groups in total. The zero-order chi connectivity index (χ0) is 11.4. The molecular formula is C10H12O5. The van der Waals surface area contributed by atoms with Crippen LogP contribution in [0, 0.1) is 0 Å². The summed E-state index contributed by atoms with van der Waals surface area (Å²) in [7, 11) is 1.35. The SMILES string of the molecule is COc1cc(C(=O)[C@H](O)CO)ccc1O. The number of aliphatic hydroxyl groups is 2. The van der Waals surface area contributed by atoms with E-state index in [1.807, 2.05) is 0 Å². The maximum absolute atomic E-state index is 11.4. The summed E-state index contributed by atoms with van der Waals surface area (Å²) < 4.78 is 4.80. The summed E-state index contributed by atoms with van der Waals surface area (Å²) in [6, 6.07) is 3.94. The second-order valence-corrected chi connectivity index (χ2v) is 2.95. The molecule has 0 bridgehead atoms. The lowest BCUT2D eigenvalue weighted by Gasteiger charge is -2.08. The number of carbonyl (C=O) groups excluding carboxylic acids is 1. The summed E-state index contributed by atoms with van der Waals surface area (Å²) in [5.41, 5.74) is 0.172. The maximum Gasteiger partial charge on any atom is 0.193 e. The first-order chi connectivity index (χ1) is 7.10. The van der Waals surface area contributed by atoms with Crippen LogP contribution in [0.5, 0.6) is 11.5 Å². The molecule has 1 aromatic carbocycles. The Bertz CT molecular complexity index is 361. The quantitative estimate of drug-likeness (QED) is 0.608. The summed E-state index contributed by atoms with van der Waals surface area (Å²) in [6.45, 7) is -0.637. The van der Waals surface area contributed by atoms with Gasteiger partial charge in [-0.05, 0) is 18.2 Å². The molecule has 15 heavy (non-hydrogen) atoms. The van der Waals surface area contributed by atoms with Crippen molar-refractivity contribution < 1.29 is 24.9 Å². The molecule has 0 aliphatic carbocycles. The first-order valence-corrected chi connectivity index (χ1v) is 4.30. The van der Waals surface area contributed by atoms with E-state index in [2.05, 4.69) is 0 Å². The molecule has 0 spiro atoms. The number of methoxy groups -OCH3 is 1. The topological polar surface area (TPSA) is 87.0 Å². The Labute approximate surface area is 86.5 Å². The van der Waals surface area contributed by atoms with Crippen LogP contribution < -0.4 is 4.74 Å². The second-order valence-electron chi connectivity index (χ2n) is 2.95. The van der Waals surface area contributed by atoms with Gasteiger partial charge in [0.05, 0.1) is 13.7 Å². The summed E-state index contributed by atoms with van der Waals surface area (Å²) in [5, 5.41) is 27.0. The molecule has 0 aliphatic heterocycles. The molecule has 0 amide bonds. The van der Waals surface area contributed by atoms with Crippen molar-refractivity contribution in [3.05, 3.63) is 23.8 Å². The van der Waals surface area contributed by atoms with E-state index in [4.69, 9.17) is 14.9 Å². The van der Waals surface area contributed by atoms with Crippen LogP contribution in [0.1, 0.15) is 10.4 Å². The third-order valence-electron chi connectivity index (χ3n) is 1.94. The molecule has 5 heteroatoms. The predicted molar refractivity (Wildman–Crippen MR) is 52.1 cm³/mol. The van der Waals surface area contributed by atoms with Crippen molar-refractivity contribution in [2.75, 3.05) is 13.7 Å². The van der Waals surface area contributed by atoms with Crippen LogP contribution in [0.15, 0.2) is 18.2 Å². The van der Waals surface area contributed by atoms with Crippen molar-refractivity contribution in [1.29, 1.82) is 0 Å². The van der Waals surface area contributed by atoms with Crippen LogP contribution in [0.3, 0.4) is 0 Å². The van der Waals surface area contributed by atoms with E-state index in [0.29, 0.717) is 0 Å². The number of phenolic OH excluding ortho intramolecular Hbond substituents is 1. The Morgan fingerprint density at radius 1 is 1.53 bits per heavy atom. The van der Waals surface area contributed by atoms with Gasteiger partial charge in [-0.2, -0.15) is 0 Å². The highest BCUT2D eigenvalue weighted by atomic mass is 16.5. The lowest BCUT2D eigenvalue weighted by molar-refractivity contribution is 0.0587. The molecule has 0 aromatic heterocycles. The third kappa shape index (κ3) is 2.45. The first kappa shape index (κ1) is 11.5. The van der Waals surface area contributed by atoms with Crippen LogP contribution >= 0.6 is 0 Å². The number of benzene rings is 1. The number of rotatable bonds is 4. The largest absolute Gasteiger partial charge is 0.504 e. The molecule has 1 rings (SSSR count). The van der Waals surface area contributed by atoms with E-state index in [1.165, 1.54) is 25.3 Å². The van der Waals surface area contributed by atoms with Crippen molar-refractivity contribution in [2.45, 2.75) is 6.10 Å². The molecule has 0 fully saturated rings. The Morgan fingerprint density at radius 2 is 2.20 bits per heavy atom. The van der Waals surface area contributed by atoms with Gasteiger partial charge in [-0.15, -0.1) is 0 Å². The molecular weight excluding hydrogens is 200 g/mol. The number of aliphatic hydroxyl groups excluding tert-OH is 2. The van der Waals surface area contributed by atoms with Crippen LogP contribution in [0.2, 0.25) is 0 Å². The average molecular weight is 212 g/mol. The molecule has 1 aromatic rings. The van der Waals surface area contributed by atoms with Crippen molar-refractivity contribution in [3.8, 4) is 11.5 Å². The summed E-state index contributed by atoms with van der Waals surface area (Å²) >= 11 is 0. The van der Waals surface area contributed by atoms with Crippen molar-refractivity contribution in [2.24, 2.45) is 0 Å². The third-order valence-corrected chi connectivity index (χ3v) is 1.94. The number of Topliss-reactive ketones (excluding diaryl/α,β-unsaturated/α-hetero) is 1. The number of hydrogen-bond donors (Lipinski definition) is 3. The van der Waals surface area contributed by atoms with Crippen LogP contribution in [0.25, 0.3) is 0 Å². The number of ketones is 1. The van der Waals surface area contributed by atoms with E-state index < -0.39 is 18.5 Å². The molecule has 0 aliphatic rings. The second kappa shape index (κ2) is 4.77. The van der Waals surface area contributed by atoms with E-state index in [-0.39, 0.29) is 17.1 Å². The van der Waals surface area contributed by atoms with Crippen molar-refractivity contribution >= 4 is 5.78 Å². The Kier molecular flexibility index (Phi) is 3.65. The normalized spacial score (nSPS) is 12.2. The van der Waals surface area contributed by atoms with Gasteiger partial charge in [0.2, 0.25) is 0 Å². The minimum absolute atomic E-state index is 0.0902. The van der Waals surface area contributed by atoms with E-state index in [0.717, 1.165) is 0 Å². The molecule has 0 saturated heterocycles. The number of hydrogen-bond acceptors (Lipinski definition) is 5. The van der Waals surface area contributed by atoms with Crippen LogP contribution in [-0.4, -0.2) is 40.9 Å². The highest BCUT2D eigenvalue weighted by Gasteiger charge is 2.17. The van der Waals surface area contributed by atoms with Gasteiger partial charge in [-0.25, -0.2) is 0 Å². The van der Waals surface area contributed by atoms with Crippen molar-refractivity contribution in [1.82, 2.24) is 0 Å². The number of ether oxygens (including phenoxy) is 1. The zero-order valence-electron chi connectivity index (χ0n) is 8.17. The lowest BCUT2D eigenvalue weighted by Crippen LogP contribution is -2.24. The first-order valence-electron chi connectivity index (χ1n) is 4.30. The zero-order valence-corrected chi connectivity index (χ0v) is 8.17. The fourth-order valence-electron chi connectivity index (χ4n) is 1.11. The molecule has 1 atom stereocenters. The van der Waals surface area contributed by atoms with E-state index in [1.54, 1.807) is 0 Å². The number of phenols is 1. The molecule has 0 unspecified atom stereocenters. The Hall–Kier alpha value is -1.59. The van der Waals surface area contributed by atoms with Crippen molar-refractivity contribution in [3.63, 3.8) is 0 Å². The highest BCUT2D eigenvalue weighted by Crippen LogP contribution is 2.26. The molecule has 0 heterocycles. The molecule has 5 nitrogen and oxygen atoms in total. The molecule has 0 radical (unpaired) electrons. The fraction of sp³-hybridized carbons (Fsp3) is 0.300. The molecule has 0 saturated carbocycles. The summed E-state index contributed by atoms with van der Waals surface area (Å²) in [6.07, 6.45) is -1.45. The van der Waals surface area contributed by atoms with Gasteiger partial charge in [0, 0.05) is 5.56 Å². The number of aromatic hydroxyl groups is 1. The van der Waals surface area contributed by atoms with Gasteiger partial charge in [0.25, 0.3) is 0 Å². The lowest BCUT2D eigenvalue weighted by atomic mass is 10.1. The monoisotopic (exact) mass is 212 g/mol. The predicted octanol–water partition coefficient (Wildman–Crippen LogP) is -0.0633. The Morgan fingerprint density at radius 3 is 2.73 bits per heavy atom. The maximum atomic E-state index is 11.4. The summed E-state index contributed by atoms with van der Waals surface area (Å²) in [4.78, 5) is 11.4. The smallest absolute Gasteiger partial charge is 0.193 e. The van der Waals surface area contributed by atoms with E-state index >= 15 is 0 Å². The standard InChI is InChI=1S/C10H12O5/c1-15-9-4-6(2-3-7(9)12)10(14)8(13)5-11/h2-4,8,11-13H,5H2,1H3/t8-/m1/s1. The van der Waals surface area contributed by atoms with Crippen LogP contribution in [0.4, 0.5) is 0 Å². The fourth-order valence-corrected chi connectivity index (χ4v) is 1.11. The van der Waals surface area contributed by atoms with Gasteiger partial charge in [0.15, 0.2) is 17.3 Å². The van der Waals surface area contributed by atoms with E-state index in [9.17, 15) is 9.90 Å². The summed E-state index contributed by atoms with van der Waals surface area (Å²) in [5.74, 6) is -0.561. The van der Waals surface area contributed by atoms with Gasteiger partial charge >= 0.3 is 0 Å². The minimum atomic E-state index is -1.45.